The minimum atomic E-state index is 0.104. The van der Waals surface area contributed by atoms with E-state index in [2.05, 4.69) is 31.8 Å². The van der Waals surface area contributed by atoms with Crippen molar-refractivity contribution >= 4 is 21.6 Å². The molecule has 0 radical (unpaired) electrons. The Kier molecular flexibility index (Phi) is 4.77. The van der Waals surface area contributed by atoms with E-state index in [-0.39, 0.29) is 6.04 Å². The maximum absolute atomic E-state index is 5.86. The molecule has 4 heteroatoms. The first kappa shape index (κ1) is 14.3. The van der Waals surface area contributed by atoms with Gasteiger partial charge in [0, 0.05) is 12.0 Å². The molecule has 2 atom stereocenters. The summed E-state index contributed by atoms with van der Waals surface area (Å²) < 4.78 is 6.91. The highest BCUT2D eigenvalue weighted by Crippen LogP contribution is 2.31. The second-order valence-electron chi connectivity index (χ2n) is 4.97. The van der Waals surface area contributed by atoms with Gasteiger partial charge >= 0.3 is 0 Å². The number of hydrogen-bond acceptors (Lipinski definition) is 4. The summed E-state index contributed by atoms with van der Waals surface area (Å²) >= 11 is 1.76. The molecule has 0 spiro atoms. The van der Waals surface area contributed by atoms with Gasteiger partial charge in [-0.05, 0) is 31.0 Å². The second kappa shape index (κ2) is 6.35. The third kappa shape index (κ3) is 3.45. The molecule has 1 heterocycles. The second-order valence-corrected chi connectivity index (χ2v) is 6.03. The first-order valence-corrected chi connectivity index (χ1v) is 7.74. The van der Waals surface area contributed by atoms with Gasteiger partial charge < -0.3 is 10.5 Å². The van der Waals surface area contributed by atoms with Crippen LogP contribution in [0.15, 0.2) is 18.2 Å². The zero-order valence-corrected chi connectivity index (χ0v) is 12.7. The van der Waals surface area contributed by atoms with Crippen molar-refractivity contribution in [3.05, 3.63) is 23.2 Å². The summed E-state index contributed by atoms with van der Waals surface area (Å²) in [5.41, 5.74) is 6.92. The van der Waals surface area contributed by atoms with Crippen molar-refractivity contribution < 1.29 is 4.74 Å². The first-order chi connectivity index (χ1) is 9.13. The fourth-order valence-electron chi connectivity index (χ4n) is 1.72. The molecule has 0 saturated heterocycles. The molecule has 19 heavy (non-hydrogen) atoms. The number of rotatable bonds is 6. The summed E-state index contributed by atoms with van der Waals surface area (Å²) in [6.07, 6.45) is 2.05. The molecule has 0 aliphatic heterocycles. The van der Waals surface area contributed by atoms with Crippen molar-refractivity contribution in [2.75, 3.05) is 6.61 Å². The molecule has 0 aliphatic carbocycles. The van der Waals surface area contributed by atoms with Gasteiger partial charge in [-0.25, -0.2) is 4.98 Å². The highest BCUT2D eigenvalue weighted by atomic mass is 32.1. The molecule has 104 valence electrons. The third-order valence-electron chi connectivity index (χ3n) is 3.40. The lowest BCUT2D eigenvalue weighted by molar-refractivity contribution is 0.286. The van der Waals surface area contributed by atoms with Crippen LogP contribution in [-0.2, 0) is 0 Å². The molecule has 0 saturated carbocycles. The average molecular weight is 278 g/mol. The molecule has 2 N–H and O–H groups in total. The van der Waals surface area contributed by atoms with Crippen LogP contribution in [0.5, 0.6) is 5.75 Å². The minimum Gasteiger partial charge on any atom is -0.492 e. The normalized spacial score (nSPS) is 14.5. The monoisotopic (exact) mass is 278 g/mol. The van der Waals surface area contributed by atoms with Crippen LogP contribution in [0.1, 0.15) is 44.5 Å². The fraction of sp³-hybridized carbons (Fsp3) is 0.533. The number of aromatic nitrogens is 1. The molecular weight excluding hydrogens is 256 g/mol. The standard InChI is InChI=1S/C15H22N2OS/c1-4-10(3)15-17-13-7-6-12(8-14(13)19-15)18-9-11(16)5-2/h6-8,10-11H,4-5,9,16H2,1-3H3. The molecule has 1 aromatic carbocycles. The summed E-state index contributed by atoms with van der Waals surface area (Å²) in [5.74, 6) is 1.41. The Bertz CT molecular complexity index is 538. The molecule has 0 fully saturated rings. The van der Waals surface area contributed by atoms with Crippen LogP contribution in [0.25, 0.3) is 10.2 Å². The van der Waals surface area contributed by atoms with Gasteiger partial charge in [0.05, 0.1) is 15.2 Å². The lowest BCUT2D eigenvalue weighted by atomic mass is 10.1. The number of fused-ring (bicyclic) bond motifs is 1. The van der Waals surface area contributed by atoms with Gasteiger partial charge in [0.2, 0.25) is 0 Å². The topological polar surface area (TPSA) is 48.1 Å². The van der Waals surface area contributed by atoms with Crippen molar-refractivity contribution in [1.82, 2.24) is 4.98 Å². The Morgan fingerprint density at radius 1 is 1.32 bits per heavy atom. The van der Waals surface area contributed by atoms with Gasteiger partial charge in [-0.15, -0.1) is 11.3 Å². The van der Waals surface area contributed by atoms with Crippen LogP contribution in [0.3, 0.4) is 0 Å². The van der Waals surface area contributed by atoms with Gasteiger partial charge in [0.25, 0.3) is 0 Å². The maximum atomic E-state index is 5.86. The van der Waals surface area contributed by atoms with E-state index in [0.717, 1.165) is 24.1 Å². The molecule has 2 rings (SSSR count). The quantitative estimate of drug-likeness (QED) is 0.871. The van der Waals surface area contributed by atoms with E-state index in [0.29, 0.717) is 12.5 Å². The maximum Gasteiger partial charge on any atom is 0.120 e. The molecular formula is C15H22N2OS. The van der Waals surface area contributed by atoms with E-state index in [1.165, 1.54) is 9.71 Å². The molecule has 3 nitrogen and oxygen atoms in total. The van der Waals surface area contributed by atoms with Crippen LogP contribution in [0, 0.1) is 0 Å². The van der Waals surface area contributed by atoms with Gasteiger partial charge in [0.15, 0.2) is 0 Å². The number of nitrogens with zero attached hydrogens (tertiary/aromatic N) is 1. The predicted octanol–water partition coefficient (Wildman–Crippen LogP) is 3.93. The van der Waals surface area contributed by atoms with Crippen molar-refractivity contribution in [1.29, 1.82) is 0 Å². The zero-order valence-electron chi connectivity index (χ0n) is 11.8. The minimum absolute atomic E-state index is 0.104. The SMILES string of the molecule is CCC(N)COc1ccc2nc(C(C)CC)sc2c1. The van der Waals surface area contributed by atoms with E-state index in [1.54, 1.807) is 11.3 Å². The number of hydrogen-bond donors (Lipinski definition) is 1. The molecule has 0 bridgehead atoms. The van der Waals surface area contributed by atoms with E-state index in [1.807, 2.05) is 12.1 Å². The van der Waals surface area contributed by atoms with Gasteiger partial charge in [0.1, 0.15) is 12.4 Å². The first-order valence-electron chi connectivity index (χ1n) is 6.92. The number of ether oxygens (including phenoxy) is 1. The molecule has 2 aromatic rings. The zero-order chi connectivity index (χ0) is 13.8. The van der Waals surface area contributed by atoms with Crippen LogP contribution in [-0.4, -0.2) is 17.6 Å². The third-order valence-corrected chi connectivity index (χ3v) is 4.65. The van der Waals surface area contributed by atoms with Crippen LogP contribution in [0.2, 0.25) is 0 Å². The average Bonchev–Trinajstić information content (AvgIpc) is 2.86. The Morgan fingerprint density at radius 3 is 2.79 bits per heavy atom. The Hall–Kier alpha value is -1.13. The van der Waals surface area contributed by atoms with Gasteiger partial charge in [-0.3, -0.25) is 0 Å². The molecule has 1 aromatic heterocycles. The number of nitrogens with two attached hydrogens (primary N) is 1. The number of thiazole rings is 1. The van der Waals surface area contributed by atoms with Crippen LogP contribution >= 0.6 is 11.3 Å². The van der Waals surface area contributed by atoms with Crippen molar-refractivity contribution in [3.63, 3.8) is 0 Å². The fourth-order valence-corrected chi connectivity index (χ4v) is 2.85. The molecule has 2 unspecified atom stereocenters. The van der Waals surface area contributed by atoms with Gasteiger partial charge in [-0.1, -0.05) is 20.8 Å². The smallest absolute Gasteiger partial charge is 0.120 e. The Balaban J connectivity index is 2.16. The lowest BCUT2D eigenvalue weighted by Crippen LogP contribution is -2.26. The van der Waals surface area contributed by atoms with E-state index < -0.39 is 0 Å². The van der Waals surface area contributed by atoms with E-state index >= 15 is 0 Å². The largest absolute Gasteiger partial charge is 0.492 e. The summed E-state index contributed by atoms with van der Waals surface area (Å²) in [6, 6.07) is 6.18. The number of benzene rings is 1. The van der Waals surface area contributed by atoms with Crippen molar-refractivity contribution in [2.24, 2.45) is 5.73 Å². The Labute approximate surface area is 118 Å². The lowest BCUT2D eigenvalue weighted by Gasteiger charge is -2.10. The van der Waals surface area contributed by atoms with Gasteiger partial charge in [-0.2, -0.15) is 0 Å². The summed E-state index contributed by atoms with van der Waals surface area (Å²) in [4.78, 5) is 4.67. The highest BCUT2D eigenvalue weighted by Gasteiger charge is 2.10. The molecule has 0 aliphatic rings. The van der Waals surface area contributed by atoms with Crippen LogP contribution < -0.4 is 10.5 Å². The summed E-state index contributed by atoms with van der Waals surface area (Å²) in [6.45, 7) is 7.05. The molecule has 0 amide bonds. The van der Waals surface area contributed by atoms with Crippen molar-refractivity contribution in [2.45, 2.75) is 45.6 Å². The van der Waals surface area contributed by atoms with E-state index in [9.17, 15) is 0 Å². The summed E-state index contributed by atoms with van der Waals surface area (Å²) in [7, 11) is 0. The van der Waals surface area contributed by atoms with Crippen molar-refractivity contribution in [3.8, 4) is 5.75 Å². The van der Waals surface area contributed by atoms with E-state index in [4.69, 9.17) is 10.5 Å². The Morgan fingerprint density at radius 2 is 2.11 bits per heavy atom. The summed E-state index contributed by atoms with van der Waals surface area (Å²) in [5, 5.41) is 1.21. The van der Waals surface area contributed by atoms with Crippen LogP contribution in [0.4, 0.5) is 0 Å². The predicted molar refractivity (Wildman–Crippen MR) is 82.1 cm³/mol. The highest BCUT2D eigenvalue weighted by molar-refractivity contribution is 7.18.